The predicted octanol–water partition coefficient (Wildman–Crippen LogP) is 2.93. The van der Waals surface area contributed by atoms with Gasteiger partial charge in [-0.3, -0.25) is 4.79 Å². The summed E-state index contributed by atoms with van der Waals surface area (Å²) >= 11 is 0. The first-order valence-electron chi connectivity index (χ1n) is 11.7. The van der Waals surface area contributed by atoms with Crippen molar-refractivity contribution in [2.75, 3.05) is 11.1 Å². The molecule has 186 valence electrons. The number of nitrogens with zero attached hydrogens (tertiary/aromatic N) is 8. The van der Waals surface area contributed by atoms with Crippen LogP contribution in [0, 0.1) is 5.82 Å². The van der Waals surface area contributed by atoms with E-state index in [0.29, 0.717) is 40.5 Å². The molecular formula is C25H23FN10O. The summed E-state index contributed by atoms with van der Waals surface area (Å²) in [5.74, 6) is 0.0857. The third kappa shape index (κ3) is 3.60. The molecule has 0 spiro atoms. The Morgan fingerprint density at radius 3 is 2.65 bits per heavy atom. The molecule has 3 N–H and O–H groups in total. The molecule has 1 aliphatic rings. The normalized spacial score (nSPS) is 16.9. The van der Waals surface area contributed by atoms with Gasteiger partial charge in [-0.1, -0.05) is 17.3 Å². The van der Waals surface area contributed by atoms with Crippen molar-refractivity contribution in [3.8, 4) is 11.5 Å². The molecule has 0 bridgehead atoms. The number of nitrogens with two attached hydrogens (primary N) is 1. The summed E-state index contributed by atoms with van der Waals surface area (Å²) < 4.78 is 16.9. The van der Waals surface area contributed by atoms with Crippen LogP contribution in [-0.2, 0) is 16.6 Å². The van der Waals surface area contributed by atoms with E-state index < -0.39 is 5.41 Å². The molecule has 1 aromatic carbocycles. The lowest BCUT2D eigenvalue weighted by Crippen LogP contribution is -2.33. The number of carbonyl (C=O) groups excluding carboxylic acids is 1. The van der Waals surface area contributed by atoms with E-state index >= 15 is 0 Å². The number of amides is 1. The third-order valence-corrected chi connectivity index (χ3v) is 6.63. The van der Waals surface area contributed by atoms with E-state index in [1.165, 1.54) is 12.1 Å². The Labute approximate surface area is 210 Å². The minimum Gasteiger partial charge on any atom is -0.383 e. The highest BCUT2D eigenvalue weighted by atomic mass is 19.1. The second-order valence-electron chi connectivity index (χ2n) is 9.45. The number of hydrogen-bond acceptors (Lipinski definition) is 8. The fraction of sp³-hybridized carbons (Fsp3) is 0.240. The summed E-state index contributed by atoms with van der Waals surface area (Å²) in [6.45, 7) is 5.68. The molecule has 0 aliphatic carbocycles. The van der Waals surface area contributed by atoms with Gasteiger partial charge in [-0.15, -0.1) is 5.10 Å². The van der Waals surface area contributed by atoms with Crippen LogP contribution in [-0.4, -0.2) is 45.2 Å². The number of anilines is 2. The summed E-state index contributed by atoms with van der Waals surface area (Å²) in [6.07, 6.45) is 7.38. The van der Waals surface area contributed by atoms with Gasteiger partial charge >= 0.3 is 0 Å². The summed E-state index contributed by atoms with van der Waals surface area (Å²) in [6, 6.07) is 6.31. The number of hydrogen-bond donors (Lipinski definition) is 2. The van der Waals surface area contributed by atoms with E-state index in [9.17, 15) is 9.18 Å². The molecule has 5 aromatic rings. The second-order valence-corrected chi connectivity index (χ2v) is 9.45. The van der Waals surface area contributed by atoms with Gasteiger partial charge in [0.2, 0.25) is 5.91 Å². The average molecular weight is 499 g/mol. The Hall–Kier alpha value is -4.74. The van der Waals surface area contributed by atoms with Gasteiger partial charge in [0.05, 0.1) is 17.5 Å². The molecule has 0 saturated heterocycles. The molecule has 37 heavy (non-hydrogen) atoms. The van der Waals surface area contributed by atoms with Crippen molar-refractivity contribution < 1.29 is 9.18 Å². The Bertz CT molecular complexity index is 1670. The van der Waals surface area contributed by atoms with Crippen LogP contribution in [0.3, 0.4) is 0 Å². The maximum Gasteiger partial charge on any atom is 0.242 e. The van der Waals surface area contributed by atoms with Gasteiger partial charge in [0.15, 0.2) is 11.5 Å². The molecule has 1 atom stereocenters. The summed E-state index contributed by atoms with van der Waals surface area (Å²) in [5, 5.41) is 11.2. The number of carbonyl (C=O) groups is 1. The zero-order valence-electron chi connectivity index (χ0n) is 20.3. The minimum absolute atomic E-state index is 0.0815. The predicted molar refractivity (Wildman–Crippen MR) is 133 cm³/mol. The van der Waals surface area contributed by atoms with E-state index in [4.69, 9.17) is 10.7 Å². The van der Waals surface area contributed by atoms with Crippen LogP contribution >= 0.6 is 0 Å². The molecule has 1 unspecified atom stereocenters. The molecule has 0 fully saturated rings. The molecule has 0 saturated carbocycles. The van der Waals surface area contributed by atoms with Crippen molar-refractivity contribution in [3.63, 3.8) is 0 Å². The van der Waals surface area contributed by atoms with Crippen molar-refractivity contribution in [1.82, 2.24) is 39.3 Å². The monoisotopic (exact) mass is 498 g/mol. The summed E-state index contributed by atoms with van der Waals surface area (Å²) in [5.41, 5.74) is 8.81. The maximum absolute atomic E-state index is 13.4. The number of nitrogens with one attached hydrogen (secondary N) is 1. The van der Waals surface area contributed by atoms with Crippen LogP contribution in [0.2, 0.25) is 0 Å². The van der Waals surface area contributed by atoms with Crippen LogP contribution in [0.5, 0.6) is 0 Å². The van der Waals surface area contributed by atoms with Crippen LogP contribution in [0.25, 0.3) is 17.2 Å². The van der Waals surface area contributed by atoms with E-state index in [2.05, 4.69) is 30.6 Å². The lowest BCUT2D eigenvalue weighted by Gasteiger charge is -2.20. The molecule has 5 heterocycles. The quantitative estimate of drug-likeness (QED) is 0.377. The topological polar surface area (TPSA) is 142 Å². The zero-order chi connectivity index (χ0) is 25.9. The number of benzene rings is 1. The molecule has 1 aliphatic heterocycles. The van der Waals surface area contributed by atoms with Crippen molar-refractivity contribution in [3.05, 3.63) is 77.4 Å². The number of halogens is 1. The molecule has 11 nitrogen and oxygen atoms in total. The van der Waals surface area contributed by atoms with Gasteiger partial charge in [-0.25, -0.2) is 29.0 Å². The average Bonchev–Trinajstić information content (AvgIpc) is 3.59. The number of nitrogen functional groups attached to an aromatic ring is 1. The Balaban J connectivity index is 1.44. The Morgan fingerprint density at radius 2 is 1.92 bits per heavy atom. The lowest BCUT2D eigenvalue weighted by molar-refractivity contribution is -0.119. The maximum atomic E-state index is 13.4. The van der Waals surface area contributed by atoms with E-state index in [1.54, 1.807) is 48.5 Å². The number of rotatable bonds is 5. The fourth-order valence-electron chi connectivity index (χ4n) is 4.54. The van der Waals surface area contributed by atoms with Crippen LogP contribution in [0.15, 0.2) is 49.1 Å². The fourth-order valence-corrected chi connectivity index (χ4v) is 4.54. The molecule has 0 radical (unpaired) electrons. The number of aromatic nitrogens is 8. The van der Waals surface area contributed by atoms with Gasteiger partial charge in [0.1, 0.15) is 34.3 Å². The van der Waals surface area contributed by atoms with Gasteiger partial charge in [-0.05, 0) is 38.5 Å². The number of imidazole rings is 1. The van der Waals surface area contributed by atoms with Crippen LogP contribution in [0.1, 0.15) is 49.3 Å². The smallest absolute Gasteiger partial charge is 0.242 e. The lowest BCUT2D eigenvalue weighted by atomic mass is 9.81. The van der Waals surface area contributed by atoms with Crippen molar-refractivity contribution >= 4 is 23.2 Å². The van der Waals surface area contributed by atoms with Crippen molar-refractivity contribution in [1.29, 1.82) is 0 Å². The highest BCUT2D eigenvalue weighted by Crippen LogP contribution is 2.44. The first-order chi connectivity index (χ1) is 17.7. The molecule has 4 aromatic heterocycles. The second kappa shape index (κ2) is 8.15. The van der Waals surface area contributed by atoms with Gasteiger partial charge in [0.25, 0.3) is 0 Å². The van der Waals surface area contributed by atoms with E-state index in [1.807, 2.05) is 18.2 Å². The third-order valence-electron chi connectivity index (χ3n) is 6.63. The standard InChI is InChI=1S/C25H23FN10O/c1-13(2)36-12-18(33-34-36)25(3)19-20(27)30-21(31-22(19)32-24(25)37)17-11-35-9-8-28-23(35)16(29-17)10-14-4-6-15(26)7-5-14/h4-9,11-13H,10H2,1-3H3,(H3,27,30,31,32,37). The number of fused-ring (bicyclic) bond motifs is 2. The Kier molecular flexibility index (Phi) is 5.00. The largest absolute Gasteiger partial charge is 0.383 e. The minimum atomic E-state index is -1.19. The van der Waals surface area contributed by atoms with Crippen molar-refractivity contribution in [2.45, 2.75) is 38.6 Å². The van der Waals surface area contributed by atoms with E-state index in [-0.39, 0.29) is 29.4 Å². The zero-order valence-corrected chi connectivity index (χ0v) is 20.3. The van der Waals surface area contributed by atoms with Crippen LogP contribution in [0.4, 0.5) is 16.0 Å². The van der Waals surface area contributed by atoms with E-state index in [0.717, 1.165) is 5.56 Å². The SMILES string of the molecule is CC(C)n1cc(C2(C)C(=O)Nc3nc(-c4cn5ccnc5c(Cc5ccc(F)cc5)n4)nc(N)c32)nn1. The highest BCUT2D eigenvalue weighted by molar-refractivity contribution is 6.08. The van der Waals surface area contributed by atoms with Gasteiger partial charge < -0.3 is 15.5 Å². The highest BCUT2D eigenvalue weighted by Gasteiger charge is 2.49. The molecule has 6 rings (SSSR count). The Morgan fingerprint density at radius 1 is 1.14 bits per heavy atom. The molecular weight excluding hydrogens is 475 g/mol. The van der Waals surface area contributed by atoms with Crippen molar-refractivity contribution in [2.24, 2.45) is 0 Å². The van der Waals surface area contributed by atoms with Gasteiger partial charge in [-0.2, -0.15) is 0 Å². The summed E-state index contributed by atoms with van der Waals surface area (Å²) in [4.78, 5) is 31.5. The summed E-state index contributed by atoms with van der Waals surface area (Å²) in [7, 11) is 0. The first-order valence-corrected chi connectivity index (χ1v) is 11.7. The molecule has 12 heteroatoms. The molecule has 1 amide bonds. The van der Waals surface area contributed by atoms with Gasteiger partial charge in [0, 0.05) is 31.1 Å². The van der Waals surface area contributed by atoms with Crippen LogP contribution < -0.4 is 11.1 Å². The first kappa shape index (κ1) is 22.7.